The van der Waals surface area contributed by atoms with E-state index in [4.69, 9.17) is 17.2 Å². The minimum atomic E-state index is -1.29. The van der Waals surface area contributed by atoms with E-state index in [0.29, 0.717) is 24.0 Å². The maximum Gasteiger partial charge on any atom is 0.243 e. The highest BCUT2D eigenvalue weighted by Gasteiger charge is 2.31. The van der Waals surface area contributed by atoms with Crippen molar-refractivity contribution in [2.24, 2.45) is 23.1 Å². The van der Waals surface area contributed by atoms with Crippen molar-refractivity contribution in [2.75, 3.05) is 13.1 Å². The van der Waals surface area contributed by atoms with Crippen molar-refractivity contribution in [3.8, 4) is 0 Å². The molecule has 0 unspecified atom stereocenters. The summed E-state index contributed by atoms with van der Waals surface area (Å²) in [5, 5.41) is 16.9. The van der Waals surface area contributed by atoms with E-state index in [9.17, 15) is 33.6 Å². The van der Waals surface area contributed by atoms with Crippen molar-refractivity contribution < 1.29 is 33.6 Å². The monoisotopic (exact) mass is 889 g/mol. The van der Waals surface area contributed by atoms with Crippen LogP contribution in [0.4, 0.5) is 0 Å². The average Bonchev–Trinajstić information content (AvgIpc) is 3.28. The molecule has 0 bridgehead atoms. The van der Waals surface area contributed by atoms with Crippen molar-refractivity contribution in [2.45, 2.75) is 95.0 Å². The lowest BCUT2D eigenvalue weighted by Crippen LogP contribution is -2.59. The second-order valence-corrected chi connectivity index (χ2v) is 16.5. The largest absolute Gasteiger partial charge is 0.370 e. The van der Waals surface area contributed by atoms with Crippen LogP contribution in [-0.2, 0) is 59.2 Å². The van der Waals surface area contributed by atoms with Gasteiger partial charge in [-0.05, 0) is 53.9 Å². The molecule has 0 aliphatic rings. The molecule has 12 N–H and O–H groups in total. The maximum atomic E-state index is 14.3. The molecule has 0 aromatic heterocycles. The molecule has 0 spiro atoms. The second kappa shape index (κ2) is 26.7. The van der Waals surface area contributed by atoms with Gasteiger partial charge in [0, 0.05) is 31.8 Å². The van der Waals surface area contributed by atoms with Gasteiger partial charge >= 0.3 is 0 Å². The summed E-state index contributed by atoms with van der Waals surface area (Å²) in [6.45, 7) is 3.82. The van der Waals surface area contributed by atoms with Crippen LogP contribution in [0.2, 0.25) is 0 Å². The first-order chi connectivity index (χ1) is 31.2. The lowest BCUT2D eigenvalue weighted by molar-refractivity contribution is -0.134. The van der Waals surface area contributed by atoms with Crippen LogP contribution in [0, 0.1) is 5.92 Å². The summed E-state index contributed by atoms with van der Waals surface area (Å²) in [5.74, 6) is -4.32. The number of nitrogens with two attached hydrogens (primary N) is 3. The van der Waals surface area contributed by atoms with Gasteiger partial charge in [0.1, 0.15) is 18.1 Å². The molecule has 4 aromatic rings. The quantitative estimate of drug-likeness (QED) is 0.0414. The van der Waals surface area contributed by atoms with Crippen LogP contribution >= 0.6 is 0 Å². The van der Waals surface area contributed by atoms with Crippen LogP contribution in [0.5, 0.6) is 0 Å². The van der Waals surface area contributed by atoms with Crippen LogP contribution in [0.1, 0.15) is 55.4 Å². The molecule has 6 atom stereocenters. The zero-order valence-electron chi connectivity index (χ0n) is 37.0. The molecule has 7 amide bonds. The molecule has 16 heteroatoms. The summed E-state index contributed by atoms with van der Waals surface area (Å²) < 4.78 is 0. The first kappa shape index (κ1) is 50.7. The van der Waals surface area contributed by atoms with E-state index in [2.05, 4.69) is 31.9 Å². The molecule has 0 radical (unpaired) electrons. The Hall–Kier alpha value is -6.91. The highest BCUT2D eigenvalue weighted by atomic mass is 16.2. The van der Waals surface area contributed by atoms with Crippen LogP contribution < -0.4 is 49.1 Å². The number of carbonyl (C=O) groups excluding carboxylic acids is 7. The summed E-state index contributed by atoms with van der Waals surface area (Å²) in [6.07, 6.45) is 0.749. The lowest BCUT2D eigenvalue weighted by atomic mass is 10.0. The first-order valence-electron chi connectivity index (χ1n) is 21.9. The molecule has 0 fully saturated rings. The zero-order chi connectivity index (χ0) is 47.1. The van der Waals surface area contributed by atoms with Gasteiger partial charge in [-0.1, -0.05) is 135 Å². The minimum absolute atomic E-state index is 0.00225. The van der Waals surface area contributed by atoms with Gasteiger partial charge in [0.05, 0.1) is 18.6 Å². The third-order valence-corrected chi connectivity index (χ3v) is 10.6. The number of benzene rings is 4. The molecule has 0 saturated heterocycles. The van der Waals surface area contributed by atoms with Crippen molar-refractivity contribution in [3.05, 3.63) is 144 Å². The highest BCUT2D eigenvalue weighted by molar-refractivity contribution is 5.96. The fourth-order valence-corrected chi connectivity index (χ4v) is 7.20. The third-order valence-electron chi connectivity index (χ3n) is 10.6. The number of primary amides is 2. The Morgan fingerprint density at radius 3 is 1.37 bits per heavy atom. The smallest absolute Gasteiger partial charge is 0.243 e. The summed E-state index contributed by atoms with van der Waals surface area (Å²) in [6, 6.07) is 30.5. The van der Waals surface area contributed by atoms with Gasteiger partial charge in [-0.3, -0.25) is 33.6 Å². The maximum absolute atomic E-state index is 14.3. The predicted octanol–water partition coefficient (Wildman–Crippen LogP) is 1.10. The number of hydrogen-bond acceptors (Lipinski definition) is 9. The van der Waals surface area contributed by atoms with Crippen molar-refractivity contribution in [1.29, 1.82) is 0 Å². The summed E-state index contributed by atoms with van der Waals surface area (Å²) >= 11 is 0. The Kier molecular flexibility index (Phi) is 20.8. The molecular formula is C49H63N9O7. The Balaban J connectivity index is 1.48. The standard InChI is InChI=1S/C49H63N9O7/c1-32(2)25-37(30-53-40(45(52)61)27-34-17-9-4-10-18-34)55-44(60)31-54-47(63)41(28-35-19-11-5-12-20-35)57-49(65)42(29-36-21-13-6-14-22-36)58-48(64)39(23-24-43(51)59)56-46(62)38(50)26-33-15-7-3-8-16-33/h3-22,32,37-42,53H,23-31,50H2,1-2H3,(H2,51,59)(H2,52,61)(H,54,63)(H,55,60)(H,56,62)(H,57,65)(H,58,64)/t37-,38+,39-,40-,41-,42-/m0/s1. The van der Waals surface area contributed by atoms with Crippen molar-refractivity contribution in [3.63, 3.8) is 0 Å². The Morgan fingerprint density at radius 1 is 0.508 bits per heavy atom. The fourth-order valence-electron chi connectivity index (χ4n) is 7.20. The molecule has 0 aliphatic heterocycles. The van der Waals surface area contributed by atoms with Gasteiger partial charge in [0.15, 0.2) is 0 Å². The molecule has 346 valence electrons. The normalized spacial score (nSPS) is 13.8. The minimum Gasteiger partial charge on any atom is -0.370 e. The van der Waals surface area contributed by atoms with E-state index in [-0.39, 0.29) is 44.6 Å². The summed E-state index contributed by atoms with van der Waals surface area (Å²) in [7, 11) is 0. The summed E-state index contributed by atoms with van der Waals surface area (Å²) in [4.78, 5) is 93.0. The van der Waals surface area contributed by atoms with Gasteiger partial charge in [-0.25, -0.2) is 0 Å². The molecule has 4 rings (SSSR count). The Labute approximate surface area is 380 Å². The van der Waals surface area contributed by atoms with Crippen molar-refractivity contribution in [1.82, 2.24) is 31.9 Å². The summed E-state index contributed by atoms with van der Waals surface area (Å²) in [5.41, 5.74) is 20.5. The van der Waals surface area contributed by atoms with E-state index >= 15 is 0 Å². The van der Waals surface area contributed by atoms with E-state index < -0.39 is 84.1 Å². The van der Waals surface area contributed by atoms with Crippen LogP contribution in [0.3, 0.4) is 0 Å². The number of rotatable bonds is 27. The predicted molar refractivity (Wildman–Crippen MR) is 248 cm³/mol. The molecule has 0 aliphatic carbocycles. The van der Waals surface area contributed by atoms with Gasteiger partial charge in [-0.15, -0.1) is 0 Å². The molecular weight excluding hydrogens is 827 g/mol. The first-order valence-corrected chi connectivity index (χ1v) is 21.9. The molecule has 0 heterocycles. The molecule has 4 aromatic carbocycles. The van der Waals surface area contributed by atoms with E-state index in [0.717, 1.165) is 11.1 Å². The second-order valence-electron chi connectivity index (χ2n) is 16.5. The average molecular weight is 890 g/mol. The molecule has 65 heavy (non-hydrogen) atoms. The van der Waals surface area contributed by atoms with Crippen LogP contribution in [0.15, 0.2) is 121 Å². The van der Waals surface area contributed by atoms with Gasteiger partial charge in [0.25, 0.3) is 0 Å². The number of nitrogens with one attached hydrogen (secondary N) is 6. The number of hydrogen-bond donors (Lipinski definition) is 9. The van der Waals surface area contributed by atoms with Crippen LogP contribution in [-0.4, -0.2) is 90.7 Å². The highest BCUT2D eigenvalue weighted by Crippen LogP contribution is 2.11. The fraction of sp³-hybridized carbons (Fsp3) is 0.367. The number of amides is 7. The number of carbonyl (C=O) groups is 7. The van der Waals surface area contributed by atoms with Gasteiger partial charge in [-0.2, -0.15) is 0 Å². The topological polar surface area (TPSA) is 270 Å². The molecule has 16 nitrogen and oxygen atoms in total. The van der Waals surface area contributed by atoms with Gasteiger partial charge in [0.2, 0.25) is 41.4 Å². The van der Waals surface area contributed by atoms with Crippen molar-refractivity contribution >= 4 is 41.4 Å². The Morgan fingerprint density at radius 2 is 0.923 bits per heavy atom. The Bertz CT molecular complexity index is 2140. The SMILES string of the molecule is CC(C)C[C@@H](CN[C@@H](Cc1ccccc1)C(N)=O)NC(=O)CNC(=O)[C@H](Cc1ccccc1)NC(=O)[C@H](Cc1ccccc1)NC(=O)[C@H](CCC(N)=O)NC(=O)[C@H](N)Cc1ccccc1. The third kappa shape index (κ3) is 18.8. The van der Waals surface area contributed by atoms with E-state index in [1.54, 1.807) is 54.6 Å². The molecule has 0 saturated carbocycles. The van der Waals surface area contributed by atoms with E-state index in [1.165, 1.54) is 0 Å². The van der Waals surface area contributed by atoms with Gasteiger partial charge < -0.3 is 49.1 Å². The zero-order valence-corrected chi connectivity index (χ0v) is 37.0. The lowest BCUT2D eigenvalue weighted by Gasteiger charge is -2.26. The van der Waals surface area contributed by atoms with Crippen LogP contribution in [0.25, 0.3) is 0 Å². The van der Waals surface area contributed by atoms with E-state index in [1.807, 2.05) is 80.6 Å².